The lowest BCUT2D eigenvalue weighted by Crippen LogP contribution is -2.37. The van der Waals surface area contributed by atoms with Gasteiger partial charge in [-0.25, -0.2) is 9.78 Å². The molecule has 1 atom stereocenters. The molecule has 0 aliphatic carbocycles. The molecular formula is C26H26F3N3O3S. The molecule has 2 aromatic heterocycles. The van der Waals surface area contributed by atoms with Gasteiger partial charge in [0, 0.05) is 18.0 Å². The second kappa shape index (κ2) is 10.8. The number of rotatable bonds is 4. The van der Waals surface area contributed by atoms with E-state index >= 15 is 0 Å². The standard InChI is InChI=1S/C24H25N3OS.C2HF3O2/c1-16-4-2-6-20-23(16)26-24(25-20)22-12-11-21(29-22)18-9-7-17(8-10-18)14-27-13-3-5-19(28)15-27;3-2(4,5)1(6)7/h2,4,6-12,19,28H,3,5,13-15H2,1H3,(H,25,26);(H,6,7). The van der Waals surface area contributed by atoms with Gasteiger partial charge >= 0.3 is 12.1 Å². The van der Waals surface area contributed by atoms with E-state index in [1.807, 2.05) is 0 Å². The van der Waals surface area contributed by atoms with Gasteiger partial charge in [0.05, 0.1) is 22.0 Å². The highest BCUT2D eigenvalue weighted by atomic mass is 32.1. The van der Waals surface area contributed by atoms with E-state index in [1.54, 1.807) is 11.3 Å². The number of aryl methyl sites for hydroxylation is 1. The van der Waals surface area contributed by atoms with E-state index in [0.29, 0.717) is 0 Å². The lowest BCUT2D eigenvalue weighted by Gasteiger charge is -2.29. The van der Waals surface area contributed by atoms with Gasteiger partial charge in [0.25, 0.3) is 0 Å². The lowest BCUT2D eigenvalue weighted by atomic mass is 10.1. The first-order valence-electron chi connectivity index (χ1n) is 11.5. The van der Waals surface area contributed by atoms with Crippen molar-refractivity contribution in [3.8, 4) is 21.1 Å². The third kappa shape index (κ3) is 6.31. The molecule has 190 valence electrons. The molecule has 1 saturated heterocycles. The number of para-hydroxylation sites is 1. The minimum Gasteiger partial charge on any atom is -0.475 e. The average molecular weight is 518 g/mol. The normalized spacial score (nSPS) is 16.5. The van der Waals surface area contributed by atoms with Gasteiger partial charge in [0.1, 0.15) is 5.82 Å². The van der Waals surface area contributed by atoms with Crippen molar-refractivity contribution < 1.29 is 28.2 Å². The molecule has 1 fully saturated rings. The molecule has 0 spiro atoms. The number of benzene rings is 2. The largest absolute Gasteiger partial charge is 0.490 e. The molecule has 6 nitrogen and oxygen atoms in total. The Labute approximate surface area is 210 Å². The minimum atomic E-state index is -5.08. The van der Waals surface area contributed by atoms with Crippen molar-refractivity contribution in [2.24, 2.45) is 0 Å². The Morgan fingerprint density at radius 3 is 2.47 bits per heavy atom. The van der Waals surface area contributed by atoms with Crippen LogP contribution in [-0.4, -0.2) is 56.4 Å². The number of carboxylic acid groups (broad SMARTS) is 1. The summed E-state index contributed by atoms with van der Waals surface area (Å²) >= 11 is 1.76. The van der Waals surface area contributed by atoms with Crippen molar-refractivity contribution in [3.63, 3.8) is 0 Å². The van der Waals surface area contributed by atoms with Crippen LogP contribution in [0.15, 0.2) is 54.6 Å². The van der Waals surface area contributed by atoms with Crippen molar-refractivity contribution >= 4 is 28.3 Å². The van der Waals surface area contributed by atoms with E-state index in [2.05, 4.69) is 71.4 Å². The zero-order valence-electron chi connectivity index (χ0n) is 19.5. The Balaban J connectivity index is 0.000000384. The zero-order chi connectivity index (χ0) is 25.9. The van der Waals surface area contributed by atoms with Crippen molar-refractivity contribution in [3.05, 3.63) is 65.7 Å². The number of nitrogens with zero attached hydrogens (tertiary/aromatic N) is 2. The van der Waals surface area contributed by atoms with E-state index in [-0.39, 0.29) is 6.10 Å². The summed E-state index contributed by atoms with van der Waals surface area (Å²) in [7, 11) is 0. The average Bonchev–Trinajstić information content (AvgIpc) is 3.48. The summed E-state index contributed by atoms with van der Waals surface area (Å²) in [5.41, 5.74) is 5.86. The second-order valence-electron chi connectivity index (χ2n) is 8.75. The second-order valence-corrected chi connectivity index (χ2v) is 9.84. The van der Waals surface area contributed by atoms with Gasteiger partial charge in [-0.15, -0.1) is 11.3 Å². The number of carboxylic acids is 1. The molecule has 2 aromatic carbocycles. The number of aliphatic carboxylic acids is 1. The number of nitrogens with one attached hydrogen (secondary N) is 1. The molecule has 0 amide bonds. The summed E-state index contributed by atoms with van der Waals surface area (Å²) < 4.78 is 31.7. The van der Waals surface area contributed by atoms with E-state index in [0.717, 1.165) is 54.2 Å². The number of piperidine rings is 1. The van der Waals surface area contributed by atoms with Crippen molar-refractivity contribution in [2.45, 2.75) is 38.6 Å². The van der Waals surface area contributed by atoms with Crippen LogP contribution in [0.4, 0.5) is 13.2 Å². The molecule has 1 aliphatic rings. The number of alkyl halides is 3. The van der Waals surface area contributed by atoms with Gasteiger partial charge in [0.15, 0.2) is 0 Å². The smallest absolute Gasteiger partial charge is 0.475 e. The summed E-state index contributed by atoms with van der Waals surface area (Å²) in [5, 5.41) is 17.0. The number of aromatic nitrogens is 2. The number of fused-ring (bicyclic) bond motifs is 1. The van der Waals surface area contributed by atoms with Gasteiger partial charge in [0.2, 0.25) is 0 Å². The third-order valence-electron chi connectivity index (χ3n) is 5.92. The molecule has 1 unspecified atom stereocenters. The number of hydrogen-bond acceptors (Lipinski definition) is 5. The first-order valence-corrected chi connectivity index (χ1v) is 12.3. The number of hydrogen-bond donors (Lipinski definition) is 3. The van der Waals surface area contributed by atoms with E-state index in [4.69, 9.17) is 14.9 Å². The molecule has 5 rings (SSSR count). The molecule has 3 N–H and O–H groups in total. The Bertz CT molecular complexity index is 1330. The number of likely N-dealkylation sites (tertiary alicyclic amines) is 1. The van der Waals surface area contributed by atoms with Gasteiger partial charge in [-0.2, -0.15) is 13.2 Å². The maximum Gasteiger partial charge on any atom is 0.490 e. The zero-order valence-corrected chi connectivity index (χ0v) is 20.4. The fraction of sp³-hybridized carbons (Fsp3) is 0.308. The minimum absolute atomic E-state index is 0.172. The number of halogens is 3. The summed E-state index contributed by atoms with van der Waals surface area (Å²) in [4.78, 5) is 21.9. The number of H-pyrrole nitrogens is 1. The predicted molar refractivity (Wildman–Crippen MR) is 134 cm³/mol. The van der Waals surface area contributed by atoms with Crippen LogP contribution in [0.2, 0.25) is 0 Å². The van der Waals surface area contributed by atoms with Crippen LogP contribution in [0, 0.1) is 6.92 Å². The van der Waals surface area contributed by atoms with Crippen LogP contribution in [-0.2, 0) is 11.3 Å². The van der Waals surface area contributed by atoms with Gasteiger partial charge in [-0.3, -0.25) is 4.90 Å². The molecule has 0 saturated carbocycles. The first kappa shape index (κ1) is 25.9. The highest BCUT2D eigenvalue weighted by Gasteiger charge is 2.38. The number of aliphatic hydroxyl groups excluding tert-OH is 1. The van der Waals surface area contributed by atoms with Crippen LogP contribution >= 0.6 is 11.3 Å². The molecule has 1 aliphatic heterocycles. The number of aliphatic hydroxyl groups is 1. The molecule has 3 heterocycles. The quantitative estimate of drug-likeness (QED) is 0.316. The molecule has 36 heavy (non-hydrogen) atoms. The highest BCUT2D eigenvalue weighted by Crippen LogP contribution is 2.34. The Kier molecular flexibility index (Phi) is 7.77. The SMILES string of the molecule is Cc1cccc2[nH]c(-c3ccc(-c4ccc(CN5CCCC(O)C5)cc4)s3)nc12.O=C(O)C(F)(F)F. The predicted octanol–water partition coefficient (Wildman–Crippen LogP) is 5.86. The van der Waals surface area contributed by atoms with Gasteiger partial charge < -0.3 is 15.2 Å². The number of β-amino-alcohol motifs (C(OH)–C–C–N with tert-alkyl or cyclic N) is 1. The number of aromatic amines is 1. The van der Waals surface area contributed by atoms with Gasteiger partial charge in [-0.1, -0.05) is 36.4 Å². The maximum atomic E-state index is 10.6. The van der Waals surface area contributed by atoms with Crippen LogP contribution in [0.3, 0.4) is 0 Å². The highest BCUT2D eigenvalue weighted by molar-refractivity contribution is 7.18. The molecular weight excluding hydrogens is 491 g/mol. The summed E-state index contributed by atoms with van der Waals surface area (Å²) in [6.07, 6.45) is -3.24. The maximum absolute atomic E-state index is 10.6. The van der Waals surface area contributed by atoms with E-state index in [1.165, 1.54) is 21.6 Å². The summed E-state index contributed by atoms with van der Waals surface area (Å²) in [6, 6.07) is 19.4. The van der Waals surface area contributed by atoms with E-state index in [9.17, 15) is 18.3 Å². The van der Waals surface area contributed by atoms with Crippen molar-refractivity contribution in [1.82, 2.24) is 14.9 Å². The first-order chi connectivity index (χ1) is 17.1. The van der Waals surface area contributed by atoms with E-state index < -0.39 is 12.1 Å². The number of imidazole rings is 1. The number of carbonyl (C=O) groups is 1. The fourth-order valence-corrected chi connectivity index (χ4v) is 5.08. The lowest BCUT2D eigenvalue weighted by molar-refractivity contribution is -0.192. The molecule has 4 aromatic rings. The van der Waals surface area contributed by atoms with Crippen molar-refractivity contribution in [2.75, 3.05) is 13.1 Å². The molecule has 0 radical (unpaired) electrons. The third-order valence-corrected chi connectivity index (χ3v) is 7.06. The van der Waals surface area contributed by atoms with Crippen LogP contribution in [0.5, 0.6) is 0 Å². The summed E-state index contributed by atoms with van der Waals surface area (Å²) in [5.74, 6) is -1.82. The van der Waals surface area contributed by atoms with Gasteiger partial charge in [-0.05, 0) is 61.2 Å². The summed E-state index contributed by atoms with van der Waals surface area (Å²) in [6.45, 7) is 4.86. The molecule has 0 bridgehead atoms. The van der Waals surface area contributed by atoms with Crippen LogP contribution in [0.25, 0.3) is 32.2 Å². The topological polar surface area (TPSA) is 89.5 Å². The molecule has 10 heteroatoms. The Morgan fingerprint density at radius 1 is 1.14 bits per heavy atom. The monoisotopic (exact) mass is 517 g/mol. The van der Waals surface area contributed by atoms with Crippen molar-refractivity contribution in [1.29, 1.82) is 0 Å². The number of thiophene rings is 1. The fourth-order valence-electron chi connectivity index (χ4n) is 4.12. The Morgan fingerprint density at radius 2 is 1.83 bits per heavy atom. The Hall–Kier alpha value is -3.21. The van der Waals surface area contributed by atoms with Crippen LogP contribution < -0.4 is 0 Å². The van der Waals surface area contributed by atoms with Crippen LogP contribution in [0.1, 0.15) is 24.0 Å².